The maximum Gasteiger partial charge on any atom is 0.292 e. The maximum absolute atomic E-state index is 12.8. The number of nitrogens with zero attached hydrogens (tertiary/aromatic N) is 3. The molecule has 1 aromatic heterocycles. The second-order valence-corrected chi connectivity index (χ2v) is 8.75. The van der Waals surface area contributed by atoms with Crippen LogP contribution >= 0.6 is 0 Å². The van der Waals surface area contributed by atoms with Crippen molar-refractivity contribution in [1.29, 1.82) is 0 Å². The Morgan fingerprint density at radius 2 is 1.78 bits per heavy atom. The highest BCUT2D eigenvalue weighted by atomic mass is 16.5. The van der Waals surface area contributed by atoms with Gasteiger partial charge >= 0.3 is 0 Å². The van der Waals surface area contributed by atoms with E-state index in [1.54, 1.807) is 11.0 Å². The summed E-state index contributed by atoms with van der Waals surface area (Å²) < 4.78 is 5.35. The molecule has 8 nitrogen and oxygen atoms in total. The lowest BCUT2D eigenvalue weighted by Crippen LogP contribution is -2.44. The minimum atomic E-state index is -0.370. The smallest absolute Gasteiger partial charge is 0.292 e. The minimum Gasteiger partial charge on any atom is -0.369 e. The quantitative estimate of drug-likeness (QED) is 0.744. The van der Waals surface area contributed by atoms with Gasteiger partial charge in [-0.1, -0.05) is 35.5 Å². The summed E-state index contributed by atoms with van der Waals surface area (Å²) in [5, 5.41) is 4.14. The van der Waals surface area contributed by atoms with Crippen molar-refractivity contribution in [3.8, 4) is 0 Å². The van der Waals surface area contributed by atoms with Crippen molar-refractivity contribution in [2.45, 2.75) is 44.4 Å². The summed E-state index contributed by atoms with van der Waals surface area (Å²) >= 11 is 0. The summed E-state index contributed by atoms with van der Waals surface area (Å²) in [7, 11) is 0. The van der Waals surface area contributed by atoms with Crippen LogP contribution in [0.3, 0.4) is 0 Å². The molecule has 0 saturated carbocycles. The van der Waals surface area contributed by atoms with E-state index in [1.807, 2.05) is 35.2 Å². The molecular weight excluding hydrogens is 408 g/mol. The normalized spacial score (nSPS) is 19.7. The molecule has 8 heteroatoms. The zero-order valence-electron chi connectivity index (χ0n) is 18.2. The highest BCUT2D eigenvalue weighted by Gasteiger charge is 2.31. The van der Waals surface area contributed by atoms with E-state index < -0.39 is 0 Å². The molecule has 0 aliphatic carbocycles. The van der Waals surface area contributed by atoms with E-state index in [4.69, 9.17) is 10.3 Å². The summed E-state index contributed by atoms with van der Waals surface area (Å²) in [5.74, 6) is -0.380. The van der Waals surface area contributed by atoms with E-state index in [0.29, 0.717) is 39.0 Å². The van der Waals surface area contributed by atoms with Crippen molar-refractivity contribution in [2.24, 2.45) is 11.7 Å². The van der Waals surface area contributed by atoms with Gasteiger partial charge in [0.05, 0.1) is 11.6 Å². The fourth-order valence-electron chi connectivity index (χ4n) is 4.61. The van der Waals surface area contributed by atoms with Crippen molar-refractivity contribution in [3.63, 3.8) is 0 Å². The van der Waals surface area contributed by atoms with E-state index in [-0.39, 0.29) is 35.3 Å². The molecule has 0 unspecified atom stereocenters. The van der Waals surface area contributed by atoms with Gasteiger partial charge in [-0.15, -0.1) is 0 Å². The lowest BCUT2D eigenvalue weighted by Gasteiger charge is -2.31. The summed E-state index contributed by atoms with van der Waals surface area (Å²) in [6, 6.07) is 11.8. The first-order chi connectivity index (χ1) is 15.5. The van der Waals surface area contributed by atoms with E-state index in [1.165, 1.54) is 5.56 Å². The molecule has 2 aliphatic heterocycles. The van der Waals surface area contributed by atoms with E-state index in [0.717, 1.165) is 31.4 Å². The number of piperidine rings is 2. The molecule has 2 saturated heterocycles. The number of benzene rings is 1. The molecule has 0 bridgehead atoms. The van der Waals surface area contributed by atoms with Crippen LogP contribution < -0.4 is 5.73 Å². The number of aromatic nitrogens is 1. The third-order valence-corrected chi connectivity index (χ3v) is 6.59. The number of hydrogen-bond acceptors (Lipinski definition) is 5. The van der Waals surface area contributed by atoms with Crippen LogP contribution in [0.2, 0.25) is 0 Å². The molecule has 1 atom stereocenters. The number of primary amides is 1. The Hall–Kier alpha value is -3.16. The van der Waals surface area contributed by atoms with Crippen molar-refractivity contribution in [3.05, 3.63) is 53.4 Å². The maximum atomic E-state index is 12.8. The Kier molecular flexibility index (Phi) is 6.87. The van der Waals surface area contributed by atoms with Crippen LogP contribution in [0.15, 0.2) is 40.9 Å². The van der Waals surface area contributed by atoms with Gasteiger partial charge in [-0.05, 0) is 37.7 Å². The topological polar surface area (TPSA) is 110 Å². The first kappa shape index (κ1) is 22.0. The highest BCUT2D eigenvalue weighted by molar-refractivity contribution is 5.92. The van der Waals surface area contributed by atoms with Crippen LogP contribution in [0.5, 0.6) is 0 Å². The summed E-state index contributed by atoms with van der Waals surface area (Å²) in [6.45, 7) is 2.28. The number of amides is 3. The van der Waals surface area contributed by atoms with Crippen LogP contribution in [0.1, 0.15) is 59.8 Å². The van der Waals surface area contributed by atoms with Gasteiger partial charge < -0.3 is 20.1 Å². The average molecular weight is 439 g/mol. The summed E-state index contributed by atoms with van der Waals surface area (Å²) in [4.78, 5) is 40.4. The molecule has 4 rings (SSSR count). The van der Waals surface area contributed by atoms with Crippen molar-refractivity contribution in [2.75, 3.05) is 26.2 Å². The standard InChI is InChI=1S/C24H30N4O4/c25-23(30)19-7-4-12-28(16-19)24(31)21-15-20(26-32-21)18-10-13-27(14-11-18)22(29)9-8-17-5-2-1-3-6-17/h1-3,5-6,15,18-19H,4,7-14,16H2,(H2,25,30)/t19-/m0/s1. The lowest BCUT2D eigenvalue weighted by molar-refractivity contribution is -0.132. The molecule has 32 heavy (non-hydrogen) atoms. The lowest BCUT2D eigenvalue weighted by atomic mass is 9.93. The number of likely N-dealkylation sites (tertiary alicyclic amines) is 2. The third kappa shape index (κ3) is 5.18. The van der Waals surface area contributed by atoms with Crippen LogP contribution in [-0.4, -0.2) is 58.9 Å². The second-order valence-electron chi connectivity index (χ2n) is 8.75. The van der Waals surface area contributed by atoms with Crippen LogP contribution in [-0.2, 0) is 16.0 Å². The van der Waals surface area contributed by atoms with Gasteiger partial charge in [-0.25, -0.2) is 0 Å². The SMILES string of the molecule is NC(=O)[C@H]1CCCN(C(=O)c2cc(C3CCN(C(=O)CCc4ccccc4)CC3)no2)C1. The number of aryl methyl sites for hydroxylation is 1. The zero-order valence-corrected chi connectivity index (χ0v) is 18.2. The molecule has 2 aliphatic rings. The van der Waals surface area contributed by atoms with E-state index >= 15 is 0 Å². The second kappa shape index (κ2) is 9.97. The van der Waals surface area contributed by atoms with Gasteiger partial charge in [0.25, 0.3) is 5.91 Å². The molecule has 1 aromatic carbocycles. The van der Waals surface area contributed by atoms with Crippen molar-refractivity contribution < 1.29 is 18.9 Å². The van der Waals surface area contributed by atoms with Gasteiger partial charge in [0.2, 0.25) is 17.6 Å². The molecule has 0 radical (unpaired) electrons. The molecule has 3 amide bonds. The van der Waals surface area contributed by atoms with Crippen LogP contribution in [0.25, 0.3) is 0 Å². The fourth-order valence-corrected chi connectivity index (χ4v) is 4.61. The molecule has 2 N–H and O–H groups in total. The molecule has 2 fully saturated rings. The van der Waals surface area contributed by atoms with Crippen LogP contribution in [0, 0.1) is 5.92 Å². The summed E-state index contributed by atoms with van der Waals surface area (Å²) in [6.07, 6.45) is 4.32. The first-order valence-corrected chi connectivity index (χ1v) is 11.4. The van der Waals surface area contributed by atoms with Crippen molar-refractivity contribution in [1.82, 2.24) is 15.0 Å². The van der Waals surface area contributed by atoms with Gasteiger partial charge in [0, 0.05) is 44.6 Å². The predicted octanol–water partition coefficient (Wildman–Crippen LogP) is 2.35. The third-order valence-electron chi connectivity index (χ3n) is 6.59. The van der Waals surface area contributed by atoms with E-state index in [9.17, 15) is 14.4 Å². The number of nitrogens with two attached hydrogens (primary N) is 1. The van der Waals surface area contributed by atoms with Crippen LogP contribution in [0.4, 0.5) is 0 Å². The van der Waals surface area contributed by atoms with Gasteiger partial charge in [0.1, 0.15) is 0 Å². The summed E-state index contributed by atoms with van der Waals surface area (Å²) in [5.41, 5.74) is 7.34. The Bertz CT molecular complexity index is 950. The van der Waals surface area contributed by atoms with E-state index in [2.05, 4.69) is 5.16 Å². The van der Waals surface area contributed by atoms with Gasteiger partial charge in [-0.2, -0.15) is 0 Å². The Morgan fingerprint density at radius 1 is 1.03 bits per heavy atom. The molecule has 0 spiro atoms. The highest BCUT2D eigenvalue weighted by Crippen LogP contribution is 2.29. The Balaban J connectivity index is 1.28. The molecule has 170 valence electrons. The van der Waals surface area contributed by atoms with Crippen molar-refractivity contribution >= 4 is 17.7 Å². The largest absolute Gasteiger partial charge is 0.369 e. The average Bonchev–Trinajstić information content (AvgIpc) is 3.33. The molecular formula is C24H30N4O4. The number of carbonyl (C=O) groups is 3. The fraction of sp³-hybridized carbons (Fsp3) is 0.500. The number of carbonyl (C=O) groups excluding carboxylic acids is 3. The Labute approximate surface area is 187 Å². The monoisotopic (exact) mass is 438 g/mol. The van der Waals surface area contributed by atoms with Gasteiger partial charge in [0.15, 0.2) is 0 Å². The minimum absolute atomic E-state index is 0.165. The predicted molar refractivity (Wildman–Crippen MR) is 118 cm³/mol. The first-order valence-electron chi connectivity index (χ1n) is 11.4. The van der Waals surface area contributed by atoms with Gasteiger partial charge in [-0.3, -0.25) is 14.4 Å². The molecule has 2 aromatic rings. The number of hydrogen-bond donors (Lipinski definition) is 1. The Morgan fingerprint density at radius 3 is 2.50 bits per heavy atom. The zero-order chi connectivity index (χ0) is 22.5. The molecule has 3 heterocycles. The number of rotatable bonds is 6.